The molecule has 33 heavy (non-hydrogen) atoms. The Morgan fingerprint density at radius 1 is 1.12 bits per heavy atom. The first kappa shape index (κ1) is 22.2. The topological polar surface area (TPSA) is 91.6 Å². The molecule has 0 spiro atoms. The second-order valence-corrected chi connectivity index (χ2v) is 7.52. The molecule has 0 bridgehead atoms. The molecule has 2 amide bonds. The highest BCUT2D eigenvalue weighted by molar-refractivity contribution is 7.80. The van der Waals surface area contributed by atoms with Crippen LogP contribution in [-0.2, 0) is 27.1 Å². The highest BCUT2D eigenvalue weighted by Gasteiger charge is 2.36. The van der Waals surface area contributed by atoms with Gasteiger partial charge < -0.3 is 9.67 Å². The van der Waals surface area contributed by atoms with Crippen molar-refractivity contribution in [2.45, 2.75) is 12.7 Å². The minimum Gasteiger partial charge on any atom is -0.480 e. The summed E-state index contributed by atoms with van der Waals surface area (Å²) in [5, 5.41) is 11.7. The van der Waals surface area contributed by atoms with Crippen molar-refractivity contribution in [3.63, 3.8) is 0 Å². The Morgan fingerprint density at radius 3 is 2.55 bits per heavy atom. The monoisotopic (exact) mass is 473 g/mol. The van der Waals surface area contributed by atoms with Crippen LogP contribution in [-0.4, -0.2) is 32.6 Å². The van der Waals surface area contributed by atoms with E-state index in [2.05, 4.69) is 5.32 Å². The first-order valence-corrected chi connectivity index (χ1v) is 9.85. The van der Waals surface area contributed by atoms with Gasteiger partial charge in [-0.25, -0.2) is 0 Å². The minimum absolute atomic E-state index is 0.154. The van der Waals surface area contributed by atoms with E-state index in [-0.39, 0.29) is 22.9 Å². The highest BCUT2D eigenvalue weighted by atomic mass is 32.1. The van der Waals surface area contributed by atoms with Crippen molar-refractivity contribution in [3.8, 4) is 0 Å². The Bertz CT molecular complexity index is 1360. The summed E-state index contributed by atoms with van der Waals surface area (Å²) in [6.45, 7) is -0.343. The molecule has 0 saturated carbocycles. The molecule has 4 rings (SSSR count). The number of hydrogen-bond acceptors (Lipinski definition) is 4. The molecule has 0 aliphatic carbocycles. The number of aromatic nitrogens is 1. The number of para-hydroxylation sites is 1. The summed E-state index contributed by atoms with van der Waals surface area (Å²) in [6, 6.07) is 10.8. The number of carbonyl (C=O) groups excluding carboxylic acids is 2. The lowest BCUT2D eigenvalue weighted by Crippen LogP contribution is -2.54. The number of amides is 2. The molecule has 168 valence electrons. The Balaban J connectivity index is 1.79. The number of carboxylic acids is 1. The van der Waals surface area contributed by atoms with E-state index in [4.69, 9.17) is 17.3 Å². The third-order valence-electron chi connectivity index (χ3n) is 4.96. The molecule has 11 heteroatoms. The van der Waals surface area contributed by atoms with Gasteiger partial charge in [0.15, 0.2) is 5.11 Å². The minimum atomic E-state index is -4.63. The maximum atomic E-state index is 13.2. The molecule has 1 saturated heterocycles. The Kier molecular flexibility index (Phi) is 5.50. The lowest BCUT2D eigenvalue weighted by atomic mass is 10.1. The van der Waals surface area contributed by atoms with Crippen LogP contribution in [0.1, 0.15) is 11.1 Å². The standard InChI is InChI=1S/C22H14F3N3O4S/c23-22(24,25)13-4-3-5-14(9-13)28-20(32)16(19(31)26-21(28)33)8-12-10-27(11-18(29)30)17-7-2-1-6-15(12)17/h1-10H,11H2,(H,29,30)(H,26,31,33)/b16-8+. The molecule has 2 aromatic carbocycles. The molecular weight excluding hydrogens is 459 g/mol. The highest BCUT2D eigenvalue weighted by Crippen LogP contribution is 2.33. The number of hydrogen-bond donors (Lipinski definition) is 2. The van der Waals surface area contributed by atoms with Crippen LogP contribution < -0.4 is 10.2 Å². The van der Waals surface area contributed by atoms with E-state index in [0.29, 0.717) is 16.5 Å². The van der Waals surface area contributed by atoms with Crippen molar-refractivity contribution in [3.05, 3.63) is 71.4 Å². The number of nitrogens with zero attached hydrogens (tertiary/aromatic N) is 2. The zero-order valence-corrected chi connectivity index (χ0v) is 17.4. The van der Waals surface area contributed by atoms with Gasteiger partial charge in [-0.15, -0.1) is 0 Å². The molecule has 1 aliphatic heterocycles. The van der Waals surface area contributed by atoms with Crippen LogP contribution in [0.4, 0.5) is 18.9 Å². The molecule has 3 aromatic rings. The third-order valence-corrected chi connectivity index (χ3v) is 5.24. The Hall–Kier alpha value is -3.99. The number of nitrogens with one attached hydrogen (secondary N) is 1. The SMILES string of the molecule is O=C(O)Cn1cc(/C=C2\C(=O)NC(=S)N(c3cccc(C(F)(F)F)c3)C2=O)c2ccccc21. The van der Waals surface area contributed by atoms with Gasteiger partial charge in [-0.3, -0.25) is 24.6 Å². The molecule has 7 nitrogen and oxygen atoms in total. The third kappa shape index (κ3) is 4.22. The first-order valence-electron chi connectivity index (χ1n) is 9.44. The number of alkyl halides is 3. The Labute approximate surface area is 189 Å². The van der Waals surface area contributed by atoms with Gasteiger partial charge in [0.2, 0.25) is 0 Å². The summed E-state index contributed by atoms with van der Waals surface area (Å²) in [4.78, 5) is 37.7. The first-order chi connectivity index (χ1) is 15.6. The average molecular weight is 473 g/mol. The van der Waals surface area contributed by atoms with E-state index in [9.17, 15) is 27.6 Å². The van der Waals surface area contributed by atoms with Crippen molar-refractivity contribution >= 4 is 57.8 Å². The average Bonchev–Trinajstić information content (AvgIpc) is 3.07. The fourth-order valence-electron chi connectivity index (χ4n) is 3.54. The van der Waals surface area contributed by atoms with Gasteiger partial charge >= 0.3 is 12.1 Å². The molecular formula is C22H14F3N3O4S. The quantitative estimate of drug-likeness (QED) is 0.344. The van der Waals surface area contributed by atoms with Gasteiger partial charge in [0.05, 0.1) is 11.3 Å². The van der Waals surface area contributed by atoms with E-state index in [1.807, 2.05) is 0 Å². The van der Waals surface area contributed by atoms with Crippen molar-refractivity contribution in [1.29, 1.82) is 0 Å². The summed E-state index contributed by atoms with van der Waals surface area (Å²) in [5.41, 5.74) is -0.532. The second kappa shape index (κ2) is 8.17. The van der Waals surface area contributed by atoms with Crippen molar-refractivity contribution in [2.24, 2.45) is 0 Å². The summed E-state index contributed by atoms with van der Waals surface area (Å²) < 4.78 is 40.9. The predicted octanol–water partition coefficient (Wildman–Crippen LogP) is 3.58. The van der Waals surface area contributed by atoms with Crippen LogP contribution in [0.15, 0.2) is 60.3 Å². The van der Waals surface area contributed by atoms with E-state index < -0.39 is 29.5 Å². The van der Waals surface area contributed by atoms with Crippen LogP contribution in [0.5, 0.6) is 0 Å². The molecule has 2 N–H and O–H groups in total. The number of aliphatic carboxylic acids is 1. The lowest BCUT2D eigenvalue weighted by Gasteiger charge is -2.29. The largest absolute Gasteiger partial charge is 0.480 e. The van der Waals surface area contributed by atoms with Gasteiger partial charge in [0.1, 0.15) is 12.1 Å². The fourth-order valence-corrected chi connectivity index (χ4v) is 3.82. The summed E-state index contributed by atoms with van der Waals surface area (Å²) >= 11 is 5.04. The van der Waals surface area contributed by atoms with Gasteiger partial charge in [0, 0.05) is 22.7 Å². The molecule has 0 atom stereocenters. The number of carbonyl (C=O) groups is 3. The maximum Gasteiger partial charge on any atom is 0.416 e. The summed E-state index contributed by atoms with van der Waals surface area (Å²) in [7, 11) is 0. The maximum absolute atomic E-state index is 13.2. The molecule has 0 unspecified atom stereocenters. The Morgan fingerprint density at radius 2 is 1.85 bits per heavy atom. The van der Waals surface area contributed by atoms with E-state index in [0.717, 1.165) is 23.1 Å². The van der Waals surface area contributed by atoms with E-state index >= 15 is 0 Å². The molecule has 2 heterocycles. The van der Waals surface area contributed by atoms with Gasteiger partial charge in [-0.1, -0.05) is 24.3 Å². The van der Waals surface area contributed by atoms with Crippen molar-refractivity contribution < 1.29 is 32.7 Å². The van der Waals surface area contributed by atoms with Crippen molar-refractivity contribution in [1.82, 2.24) is 9.88 Å². The molecule has 1 fully saturated rings. The van der Waals surface area contributed by atoms with Crippen LogP contribution in [0, 0.1) is 0 Å². The normalized spacial score (nSPS) is 15.9. The predicted molar refractivity (Wildman–Crippen MR) is 117 cm³/mol. The number of fused-ring (bicyclic) bond motifs is 1. The number of thiocarbonyl (C=S) groups is 1. The number of rotatable bonds is 4. The zero-order valence-electron chi connectivity index (χ0n) is 16.6. The van der Waals surface area contributed by atoms with Crippen LogP contribution in [0.3, 0.4) is 0 Å². The zero-order chi connectivity index (χ0) is 23.9. The summed E-state index contributed by atoms with van der Waals surface area (Å²) in [6.07, 6.45) is -1.89. The van der Waals surface area contributed by atoms with Crippen LogP contribution >= 0.6 is 12.2 Å². The van der Waals surface area contributed by atoms with Crippen LogP contribution in [0.25, 0.3) is 17.0 Å². The fraction of sp³-hybridized carbons (Fsp3) is 0.0909. The molecule has 0 radical (unpaired) electrons. The van der Waals surface area contributed by atoms with Crippen molar-refractivity contribution in [2.75, 3.05) is 4.90 Å². The number of halogens is 3. The molecule has 1 aliphatic rings. The van der Waals surface area contributed by atoms with E-state index in [1.54, 1.807) is 24.3 Å². The van der Waals surface area contributed by atoms with Gasteiger partial charge in [-0.05, 0) is 42.6 Å². The van der Waals surface area contributed by atoms with Crippen LogP contribution in [0.2, 0.25) is 0 Å². The lowest BCUT2D eigenvalue weighted by molar-refractivity contribution is -0.138. The number of benzene rings is 2. The smallest absolute Gasteiger partial charge is 0.416 e. The summed E-state index contributed by atoms with van der Waals surface area (Å²) in [5.74, 6) is -2.80. The van der Waals surface area contributed by atoms with Gasteiger partial charge in [0.25, 0.3) is 11.8 Å². The van der Waals surface area contributed by atoms with E-state index in [1.165, 1.54) is 22.9 Å². The molecule has 1 aromatic heterocycles. The second-order valence-electron chi connectivity index (χ2n) is 7.13. The number of anilines is 1. The number of carboxylic acid groups (broad SMARTS) is 1. The van der Waals surface area contributed by atoms with Gasteiger partial charge in [-0.2, -0.15) is 13.2 Å².